The number of hydrogen-bond acceptors (Lipinski definition) is 1. The molecule has 0 aromatic carbocycles. The summed E-state index contributed by atoms with van der Waals surface area (Å²) in [6.07, 6.45) is 3.70. The van der Waals surface area contributed by atoms with Gasteiger partial charge in [-0.05, 0) is 18.6 Å². The van der Waals surface area contributed by atoms with E-state index in [0.29, 0.717) is 17.6 Å². The van der Waals surface area contributed by atoms with E-state index in [2.05, 4.69) is 13.8 Å². The predicted molar refractivity (Wildman–Crippen MR) is 36.9 cm³/mol. The molecule has 1 radical (unpaired) electrons. The quantitative estimate of drug-likeness (QED) is 0.562. The molecule has 2 atom stereocenters. The number of ketones is 1. The van der Waals surface area contributed by atoms with Gasteiger partial charge < -0.3 is 11.2 Å². The van der Waals surface area contributed by atoms with Crippen LogP contribution in [0.15, 0.2) is 0 Å². The summed E-state index contributed by atoms with van der Waals surface area (Å²) in [5.74, 6) is 1.55. The molecule has 1 nitrogen and oxygen atoms in total. The second-order valence-corrected chi connectivity index (χ2v) is 3.01. The maximum absolute atomic E-state index is 10.8. The largest absolute Gasteiger partial charge is 0.334 e. The van der Waals surface area contributed by atoms with Crippen LogP contribution in [0.25, 0.3) is 0 Å². The third-order valence-electron chi connectivity index (χ3n) is 2.19. The summed E-state index contributed by atoms with van der Waals surface area (Å²) in [5.41, 5.74) is 0. The van der Waals surface area contributed by atoms with E-state index in [1.165, 1.54) is 0 Å². The van der Waals surface area contributed by atoms with Crippen molar-refractivity contribution in [2.45, 2.75) is 26.7 Å². The van der Waals surface area contributed by atoms with Gasteiger partial charge in [-0.25, -0.2) is 0 Å². The first-order valence-corrected chi connectivity index (χ1v) is 3.58. The molecule has 10 heavy (non-hydrogen) atoms. The van der Waals surface area contributed by atoms with Crippen LogP contribution in [0, 0.1) is 18.3 Å². The molecule has 0 aliphatic heterocycles. The SMILES string of the molecule is CC1[CH-]C(=O)CCC1C.[Y]. The van der Waals surface area contributed by atoms with Crippen LogP contribution in [0.4, 0.5) is 0 Å². The fourth-order valence-corrected chi connectivity index (χ4v) is 1.17. The molecular formula is C8H13OY-. The summed E-state index contributed by atoms with van der Waals surface area (Å²) < 4.78 is 0. The average Bonchev–Trinajstić information content (AvgIpc) is 1.80. The molecular weight excluding hydrogens is 201 g/mol. The minimum absolute atomic E-state index is 0. The Bertz CT molecular complexity index is 122. The number of carbonyl (C=O) groups is 1. The van der Waals surface area contributed by atoms with E-state index in [4.69, 9.17) is 0 Å². The molecule has 0 heterocycles. The van der Waals surface area contributed by atoms with Crippen molar-refractivity contribution in [2.75, 3.05) is 0 Å². The first-order chi connectivity index (χ1) is 4.20. The van der Waals surface area contributed by atoms with E-state index in [0.717, 1.165) is 12.8 Å². The van der Waals surface area contributed by atoms with E-state index >= 15 is 0 Å². The maximum atomic E-state index is 10.8. The Kier molecular flexibility index (Phi) is 4.80. The van der Waals surface area contributed by atoms with Crippen LogP contribution >= 0.6 is 0 Å². The van der Waals surface area contributed by atoms with Gasteiger partial charge in [0.2, 0.25) is 0 Å². The van der Waals surface area contributed by atoms with Gasteiger partial charge in [-0.15, -0.1) is 5.92 Å². The van der Waals surface area contributed by atoms with Crippen molar-refractivity contribution >= 4 is 5.78 Å². The zero-order valence-corrected chi connectivity index (χ0v) is 9.47. The molecule has 0 spiro atoms. The van der Waals surface area contributed by atoms with Gasteiger partial charge >= 0.3 is 0 Å². The van der Waals surface area contributed by atoms with Crippen LogP contribution in [-0.2, 0) is 37.5 Å². The zero-order chi connectivity index (χ0) is 6.85. The van der Waals surface area contributed by atoms with Crippen molar-refractivity contribution in [1.29, 1.82) is 0 Å². The number of rotatable bonds is 0. The molecule has 0 bridgehead atoms. The van der Waals surface area contributed by atoms with Gasteiger partial charge in [-0.1, -0.05) is 19.8 Å². The number of Topliss-reactive ketones (excluding diaryl/α,β-unsaturated/α-hetero) is 1. The summed E-state index contributed by atoms with van der Waals surface area (Å²) in [5, 5.41) is 0. The first-order valence-electron chi connectivity index (χ1n) is 3.58. The van der Waals surface area contributed by atoms with Crippen molar-refractivity contribution in [2.24, 2.45) is 11.8 Å². The normalized spacial score (nSPS) is 32.4. The third kappa shape index (κ3) is 2.71. The van der Waals surface area contributed by atoms with Gasteiger partial charge in [-0.2, -0.15) is 0 Å². The van der Waals surface area contributed by atoms with Gasteiger partial charge in [0.25, 0.3) is 0 Å². The Morgan fingerprint density at radius 3 is 2.50 bits per heavy atom. The fraction of sp³-hybridized carbons (Fsp3) is 0.750. The molecule has 1 rings (SSSR count). The van der Waals surface area contributed by atoms with Gasteiger partial charge in [0, 0.05) is 32.7 Å². The molecule has 1 saturated carbocycles. The summed E-state index contributed by atoms with van der Waals surface area (Å²) >= 11 is 0. The van der Waals surface area contributed by atoms with Crippen molar-refractivity contribution in [3.8, 4) is 0 Å². The second kappa shape index (κ2) is 4.51. The number of hydrogen-bond donors (Lipinski definition) is 0. The van der Waals surface area contributed by atoms with E-state index in [-0.39, 0.29) is 32.7 Å². The first kappa shape index (κ1) is 10.6. The van der Waals surface area contributed by atoms with Crippen LogP contribution in [0.3, 0.4) is 0 Å². The standard InChI is InChI=1S/C8H13O.Y/c1-6-3-4-8(9)5-7(6)2;/h5-7H,3-4H2,1-2H3;/q-1;. The average molecular weight is 214 g/mol. The predicted octanol–water partition coefficient (Wildman–Crippen LogP) is 1.82. The van der Waals surface area contributed by atoms with Gasteiger partial charge in [0.15, 0.2) is 0 Å². The molecule has 55 valence electrons. The molecule has 0 amide bonds. The summed E-state index contributed by atoms with van der Waals surface area (Å²) in [6, 6.07) is 0. The molecule has 1 fully saturated rings. The second-order valence-electron chi connectivity index (χ2n) is 3.01. The van der Waals surface area contributed by atoms with Crippen LogP contribution < -0.4 is 0 Å². The summed E-state index contributed by atoms with van der Waals surface area (Å²) in [7, 11) is 0. The third-order valence-corrected chi connectivity index (χ3v) is 2.19. The smallest absolute Gasteiger partial charge is 0 e. The zero-order valence-electron chi connectivity index (χ0n) is 6.63. The summed E-state index contributed by atoms with van der Waals surface area (Å²) in [6.45, 7) is 4.31. The fourth-order valence-electron chi connectivity index (χ4n) is 1.17. The van der Waals surface area contributed by atoms with Crippen LogP contribution in [0.5, 0.6) is 0 Å². The monoisotopic (exact) mass is 214 g/mol. The Balaban J connectivity index is 0.000000810. The molecule has 0 N–H and O–H groups in total. The van der Waals surface area contributed by atoms with Gasteiger partial charge in [0.05, 0.1) is 0 Å². The van der Waals surface area contributed by atoms with E-state index in [9.17, 15) is 4.79 Å². The van der Waals surface area contributed by atoms with E-state index in [1.807, 2.05) is 6.42 Å². The molecule has 1 aliphatic carbocycles. The van der Waals surface area contributed by atoms with Crippen LogP contribution in [0.1, 0.15) is 26.7 Å². The van der Waals surface area contributed by atoms with E-state index in [1.54, 1.807) is 0 Å². The molecule has 0 aromatic heterocycles. The molecule has 2 heteroatoms. The Labute approximate surface area is 87.8 Å². The maximum Gasteiger partial charge on any atom is 0 e. The van der Waals surface area contributed by atoms with Crippen molar-refractivity contribution in [3.05, 3.63) is 6.42 Å². The Morgan fingerprint density at radius 2 is 2.10 bits per heavy atom. The van der Waals surface area contributed by atoms with Gasteiger partial charge in [-0.3, -0.25) is 0 Å². The molecule has 0 aromatic rings. The molecule has 2 unspecified atom stereocenters. The number of carbonyl (C=O) groups excluding carboxylic acids is 1. The van der Waals surface area contributed by atoms with Crippen LogP contribution in [0.2, 0.25) is 0 Å². The Morgan fingerprint density at radius 1 is 1.50 bits per heavy atom. The van der Waals surface area contributed by atoms with Gasteiger partial charge in [0.1, 0.15) is 0 Å². The molecule has 0 saturated heterocycles. The van der Waals surface area contributed by atoms with Crippen molar-refractivity contribution in [3.63, 3.8) is 0 Å². The van der Waals surface area contributed by atoms with Crippen molar-refractivity contribution < 1.29 is 37.5 Å². The van der Waals surface area contributed by atoms with Crippen molar-refractivity contribution in [1.82, 2.24) is 0 Å². The summed E-state index contributed by atoms with van der Waals surface area (Å²) in [4.78, 5) is 10.8. The minimum Gasteiger partial charge on any atom is -0.334 e. The minimum atomic E-state index is 0. The van der Waals surface area contributed by atoms with E-state index < -0.39 is 0 Å². The topological polar surface area (TPSA) is 17.1 Å². The molecule has 1 aliphatic rings. The van der Waals surface area contributed by atoms with Crippen LogP contribution in [-0.4, -0.2) is 5.78 Å². The Hall–Kier alpha value is 0.644.